The normalized spacial score (nSPS) is 20.7. The summed E-state index contributed by atoms with van der Waals surface area (Å²) in [6.07, 6.45) is 2.24. The average molecular weight is 538 g/mol. The lowest BCUT2D eigenvalue weighted by molar-refractivity contribution is -0.175. The van der Waals surface area contributed by atoms with Crippen molar-refractivity contribution < 1.29 is 17.9 Å². The Morgan fingerprint density at radius 2 is 1.46 bits per heavy atom. The molecule has 0 unspecified atom stereocenters. The van der Waals surface area contributed by atoms with E-state index in [1.807, 2.05) is 106 Å². The summed E-state index contributed by atoms with van der Waals surface area (Å²) < 4.78 is 43.5. The van der Waals surface area contributed by atoms with Crippen LogP contribution in [-0.2, 0) is 20.5 Å². The molecule has 0 spiro atoms. The molecule has 4 aromatic carbocycles. The molecular formula is C33H31NO4S. The Labute approximate surface area is 230 Å². The highest BCUT2D eigenvalue weighted by atomic mass is 32.2. The first kappa shape index (κ1) is 25.4. The van der Waals surface area contributed by atoms with E-state index in [9.17, 15) is 8.42 Å². The topological polar surface area (TPSA) is 55.8 Å². The van der Waals surface area contributed by atoms with Crippen LogP contribution in [0.1, 0.15) is 41.2 Å². The first-order chi connectivity index (χ1) is 18.8. The number of hydrogen-bond acceptors (Lipinski definition) is 4. The average Bonchev–Trinajstić information content (AvgIpc) is 2.98. The van der Waals surface area contributed by atoms with Crippen LogP contribution in [0.5, 0.6) is 5.75 Å². The third-order valence-corrected chi connectivity index (χ3v) is 9.26. The molecule has 2 aliphatic heterocycles. The summed E-state index contributed by atoms with van der Waals surface area (Å²) >= 11 is 0. The fourth-order valence-electron chi connectivity index (χ4n) is 5.32. The SMILES string of the molecule is Cc1ccc([C@]23Oc4ccccc4C=C2c2ccccc2N(S(=O)(=O)c2ccc(C)cc2)CC[C@H](C)O3)cc1. The molecule has 6 heteroatoms. The van der Waals surface area contributed by atoms with Crippen LogP contribution in [0.15, 0.2) is 102 Å². The zero-order chi connectivity index (χ0) is 27.2. The minimum atomic E-state index is -3.85. The van der Waals surface area contributed by atoms with Crippen molar-refractivity contribution in [1.29, 1.82) is 0 Å². The molecule has 5 nitrogen and oxygen atoms in total. The number of fused-ring (bicyclic) bond motifs is 4. The van der Waals surface area contributed by atoms with Crippen molar-refractivity contribution in [3.8, 4) is 5.75 Å². The standard InChI is InChI=1S/C33H31NO4S/c1-23-12-16-27(17-13-23)33-30(22-26-8-4-7-11-32(26)38-33)29-9-5-6-10-31(29)34(21-20-25(3)37-33)39(35,36)28-18-14-24(2)15-19-28/h4-19,22,25H,20-21H2,1-3H3/t25-,33-/m0/s1. The zero-order valence-electron chi connectivity index (χ0n) is 22.3. The number of rotatable bonds is 3. The van der Waals surface area contributed by atoms with Crippen LogP contribution in [0, 0.1) is 13.8 Å². The fourth-order valence-corrected chi connectivity index (χ4v) is 6.82. The molecule has 0 fully saturated rings. The fraction of sp³-hybridized carbons (Fsp3) is 0.212. The maximum atomic E-state index is 14.1. The van der Waals surface area contributed by atoms with E-state index >= 15 is 0 Å². The molecule has 4 aromatic rings. The molecule has 0 aromatic heterocycles. The molecule has 198 valence electrons. The number of benzene rings is 4. The Bertz CT molecular complexity index is 1660. The molecule has 2 aliphatic rings. The van der Waals surface area contributed by atoms with E-state index in [4.69, 9.17) is 9.47 Å². The zero-order valence-corrected chi connectivity index (χ0v) is 23.1. The number of aryl methyl sites for hydroxylation is 2. The smallest absolute Gasteiger partial charge is 0.265 e. The van der Waals surface area contributed by atoms with E-state index in [-0.39, 0.29) is 17.5 Å². The number of para-hydroxylation sites is 2. The lowest BCUT2D eigenvalue weighted by Crippen LogP contribution is -2.42. The van der Waals surface area contributed by atoms with Gasteiger partial charge in [-0.2, -0.15) is 0 Å². The first-order valence-corrected chi connectivity index (χ1v) is 14.7. The van der Waals surface area contributed by atoms with Crippen LogP contribution in [-0.4, -0.2) is 21.1 Å². The van der Waals surface area contributed by atoms with Gasteiger partial charge in [0.05, 0.1) is 16.7 Å². The number of anilines is 1. The van der Waals surface area contributed by atoms with Gasteiger partial charge in [0.25, 0.3) is 15.8 Å². The lowest BCUT2D eigenvalue weighted by Gasteiger charge is -2.41. The van der Waals surface area contributed by atoms with Gasteiger partial charge in [-0.05, 0) is 57.5 Å². The van der Waals surface area contributed by atoms with Crippen molar-refractivity contribution in [2.75, 3.05) is 10.8 Å². The molecule has 0 radical (unpaired) electrons. The highest BCUT2D eigenvalue weighted by molar-refractivity contribution is 7.92. The lowest BCUT2D eigenvalue weighted by atomic mass is 9.86. The summed E-state index contributed by atoms with van der Waals surface area (Å²) in [5.74, 6) is -0.545. The molecule has 0 amide bonds. The molecule has 39 heavy (non-hydrogen) atoms. The van der Waals surface area contributed by atoms with Crippen molar-refractivity contribution >= 4 is 27.4 Å². The van der Waals surface area contributed by atoms with Crippen molar-refractivity contribution in [1.82, 2.24) is 0 Å². The first-order valence-electron chi connectivity index (χ1n) is 13.2. The van der Waals surface area contributed by atoms with Crippen molar-refractivity contribution in [3.63, 3.8) is 0 Å². The van der Waals surface area contributed by atoms with Gasteiger partial charge >= 0.3 is 0 Å². The second-order valence-corrected chi connectivity index (χ2v) is 12.2. The predicted molar refractivity (Wildman–Crippen MR) is 155 cm³/mol. The second kappa shape index (κ2) is 9.70. The Morgan fingerprint density at radius 3 is 2.21 bits per heavy atom. The van der Waals surface area contributed by atoms with Crippen molar-refractivity contribution in [2.24, 2.45) is 0 Å². The Hall–Kier alpha value is -3.87. The summed E-state index contributed by atoms with van der Waals surface area (Å²) in [7, 11) is -3.85. The molecule has 2 atom stereocenters. The van der Waals surface area contributed by atoms with E-state index in [0.717, 1.165) is 39.1 Å². The number of sulfonamides is 1. The van der Waals surface area contributed by atoms with Crippen molar-refractivity contribution in [2.45, 2.75) is 44.0 Å². The molecule has 0 N–H and O–H groups in total. The monoisotopic (exact) mass is 537 g/mol. The number of hydrogen-bond donors (Lipinski definition) is 0. The van der Waals surface area contributed by atoms with Crippen LogP contribution in [0.4, 0.5) is 5.69 Å². The highest BCUT2D eigenvalue weighted by Gasteiger charge is 2.47. The maximum absolute atomic E-state index is 14.1. The van der Waals surface area contributed by atoms with Gasteiger partial charge in [0, 0.05) is 28.8 Å². The summed E-state index contributed by atoms with van der Waals surface area (Å²) in [6, 6.07) is 30.7. The third kappa shape index (κ3) is 4.44. The van der Waals surface area contributed by atoms with E-state index < -0.39 is 15.8 Å². The van der Waals surface area contributed by atoms with Gasteiger partial charge in [0.2, 0.25) is 0 Å². The van der Waals surface area contributed by atoms with Gasteiger partial charge in [-0.25, -0.2) is 8.42 Å². The minimum Gasteiger partial charge on any atom is -0.453 e. The molecule has 2 heterocycles. The quantitative estimate of drug-likeness (QED) is 0.280. The van der Waals surface area contributed by atoms with E-state index in [2.05, 4.69) is 6.08 Å². The van der Waals surface area contributed by atoms with E-state index in [1.165, 1.54) is 4.31 Å². The maximum Gasteiger partial charge on any atom is 0.265 e. The minimum absolute atomic E-state index is 0.262. The van der Waals surface area contributed by atoms with Gasteiger partial charge in [-0.1, -0.05) is 83.9 Å². The molecule has 6 rings (SSSR count). The largest absolute Gasteiger partial charge is 0.453 e. The second-order valence-electron chi connectivity index (χ2n) is 10.3. The Balaban J connectivity index is 1.62. The van der Waals surface area contributed by atoms with E-state index in [0.29, 0.717) is 12.1 Å². The van der Waals surface area contributed by atoms with Crippen LogP contribution < -0.4 is 9.04 Å². The molecule has 0 aliphatic carbocycles. The van der Waals surface area contributed by atoms with Crippen LogP contribution in [0.25, 0.3) is 11.6 Å². The van der Waals surface area contributed by atoms with Gasteiger partial charge in [0.15, 0.2) is 0 Å². The third-order valence-electron chi connectivity index (χ3n) is 7.44. The molecule has 0 saturated carbocycles. The van der Waals surface area contributed by atoms with Gasteiger partial charge < -0.3 is 9.47 Å². The van der Waals surface area contributed by atoms with Gasteiger partial charge in [0.1, 0.15) is 5.75 Å². The summed E-state index contributed by atoms with van der Waals surface area (Å²) in [4.78, 5) is 0.264. The Morgan fingerprint density at radius 1 is 0.821 bits per heavy atom. The number of nitrogens with zero attached hydrogens (tertiary/aromatic N) is 1. The van der Waals surface area contributed by atoms with E-state index in [1.54, 1.807) is 12.1 Å². The van der Waals surface area contributed by atoms with Crippen LogP contribution in [0.3, 0.4) is 0 Å². The van der Waals surface area contributed by atoms with Crippen molar-refractivity contribution in [3.05, 3.63) is 125 Å². The predicted octanol–water partition coefficient (Wildman–Crippen LogP) is 7.09. The van der Waals surface area contributed by atoms with Gasteiger partial charge in [-0.15, -0.1) is 0 Å². The van der Waals surface area contributed by atoms with Crippen LogP contribution >= 0.6 is 0 Å². The molecular weight excluding hydrogens is 506 g/mol. The summed E-state index contributed by atoms with van der Waals surface area (Å²) in [6.45, 7) is 6.23. The van der Waals surface area contributed by atoms with Crippen LogP contribution in [0.2, 0.25) is 0 Å². The summed E-state index contributed by atoms with van der Waals surface area (Å²) in [5, 5.41) is 0. The molecule has 0 bridgehead atoms. The highest BCUT2D eigenvalue weighted by Crippen LogP contribution is 2.51. The molecule has 0 saturated heterocycles. The number of ether oxygens (including phenoxy) is 2. The summed E-state index contributed by atoms with van der Waals surface area (Å²) in [5.41, 5.74) is 6.01. The van der Waals surface area contributed by atoms with Gasteiger partial charge in [-0.3, -0.25) is 4.31 Å². The Kier molecular flexibility index (Phi) is 6.32.